The van der Waals surface area contributed by atoms with Crippen LogP contribution in [0.5, 0.6) is 0 Å². The largest absolute Gasteiger partial charge is 0.274 e. The van der Waals surface area contributed by atoms with Gasteiger partial charge in [-0.15, -0.1) is 23.1 Å². The molecule has 0 aliphatic rings. The molecule has 3 aromatic rings. The number of thioether (sulfide) groups is 1. The number of hydrogen-bond acceptors (Lipinski definition) is 4. The number of nitrogens with zero attached hydrogens (tertiary/aromatic N) is 2. The lowest BCUT2D eigenvalue weighted by atomic mass is 10.1. The van der Waals surface area contributed by atoms with E-state index in [-0.39, 0.29) is 5.91 Å². The summed E-state index contributed by atoms with van der Waals surface area (Å²) in [6, 6.07) is 11.4. The zero-order valence-corrected chi connectivity index (χ0v) is 18.3. The van der Waals surface area contributed by atoms with Gasteiger partial charge in [-0.25, -0.2) is 4.98 Å². The average molecular weight is 437 g/mol. The second kappa shape index (κ2) is 8.65. The van der Waals surface area contributed by atoms with Gasteiger partial charge in [0.1, 0.15) is 0 Å². The predicted molar refractivity (Wildman–Crippen MR) is 117 cm³/mol. The highest BCUT2D eigenvalue weighted by Crippen LogP contribution is 2.37. The van der Waals surface area contributed by atoms with Crippen LogP contribution in [0.15, 0.2) is 46.7 Å². The van der Waals surface area contributed by atoms with E-state index in [0.29, 0.717) is 20.9 Å². The Kier molecular flexibility index (Phi) is 6.48. The van der Waals surface area contributed by atoms with Crippen molar-refractivity contribution >= 4 is 63.0 Å². The van der Waals surface area contributed by atoms with Gasteiger partial charge < -0.3 is 0 Å². The molecule has 0 aliphatic carbocycles. The van der Waals surface area contributed by atoms with Crippen LogP contribution in [0.4, 0.5) is 10.8 Å². The van der Waals surface area contributed by atoms with Gasteiger partial charge in [-0.1, -0.05) is 35.3 Å². The molecule has 0 aliphatic heterocycles. The van der Waals surface area contributed by atoms with Crippen molar-refractivity contribution < 1.29 is 4.79 Å². The summed E-state index contributed by atoms with van der Waals surface area (Å²) in [4.78, 5) is 19.4. The zero-order valence-electron chi connectivity index (χ0n) is 15.1. The van der Waals surface area contributed by atoms with E-state index in [0.717, 1.165) is 21.8 Å². The molecule has 2 aromatic carbocycles. The standard InChI is InChI=1S/C20H18Cl2N2OS2/c1-12-7-8-16(9-13(12)2)24(14(3)25)20-23-15(11-27-20)10-26-19-17(21)5-4-6-18(19)22/h4-9,11H,10H2,1-3H3. The molecule has 7 heteroatoms. The first-order chi connectivity index (χ1) is 12.9. The molecule has 3 rings (SSSR count). The summed E-state index contributed by atoms with van der Waals surface area (Å²) >= 11 is 15.4. The normalized spacial score (nSPS) is 10.9. The summed E-state index contributed by atoms with van der Waals surface area (Å²) < 4.78 is 0. The van der Waals surface area contributed by atoms with Gasteiger partial charge >= 0.3 is 0 Å². The van der Waals surface area contributed by atoms with Crippen LogP contribution in [0, 0.1) is 13.8 Å². The van der Waals surface area contributed by atoms with Gasteiger partial charge in [-0.2, -0.15) is 0 Å². The third-order valence-corrected chi connectivity index (χ3v) is 6.98. The molecule has 0 bridgehead atoms. The van der Waals surface area contributed by atoms with Crippen LogP contribution in [0.3, 0.4) is 0 Å². The third kappa shape index (κ3) is 4.66. The van der Waals surface area contributed by atoms with Gasteiger partial charge in [0.2, 0.25) is 5.91 Å². The van der Waals surface area contributed by atoms with Crippen LogP contribution in [-0.4, -0.2) is 10.9 Å². The smallest absolute Gasteiger partial charge is 0.230 e. The van der Waals surface area contributed by atoms with E-state index in [1.807, 2.05) is 48.7 Å². The molecule has 3 nitrogen and oxygen atoms in total. The number of amides is 1. The summed E-state index contributed by atoms with van der Waals surface area (Å²) in [7, 11) is 0. The molecule has 1 aromatic heterocycles. The first kappa shape index (κ1) is 20.2. The Balaban J connectivity index is 1.82. The quantitative estimate of drug-likeness (QED) is 0.401. The van der Waals surface area contributed by atoms with Crippen molar-refractivity contribution in [2.24, 2.45) is 0 Å². The van der Waals surface area contributed by atoms with Gasteiger partial charge in [0.25, 0.3) is 0 Å². The lowest BCUT2D eigenvalue weighted by Crippen LogP contribution is -2.22. The minimum atomic E-state index is -0.0686. The molecule has 27 heavy (non-hydrogen) atoms. The number of aryl methyl sites for hydroxylation is 2. The van der Waals surface area contributed by atoms with Crippen LogP contribution in [0.2, 0.25) is 10.0 Å². The highest BCUT2D eigenvalue weighted by Gasteiger charge is 2.19. The molecular formula is C20H18Cl2N2OS2. The predicted octanol–water partition coefficient (Wildman–Crippen LogP) is 7.04. The minimum Gasteiger partial charge on any atom is -0.274 e. The van der Waals surface area contributed by atoms with E-state index >= 15 is 0 Å². The summed E-state index contributed by atoms with van der Waals surface area (Å²) in [5.41, 5.74) is 4.04. The number of carbonyl (C=O) groups excluding carboxylic acids is 1. The van der Waals surface area contributed by atoms with Crippen molar-refractivity contribution in [2.75, 3.05) is 4.90 Å². The first-order valence-electron chi connectivity index (χ1n) is 8.26. The van der Waals surface area contributed by atoms with E-state index in [2.05, 4.69) is 11.9 Å². The number of hydrogen-bond donors (Lipinski definition) is 0. The maximum atomic E-state index is 12.3. The van der Waals surface area contributed by atoms with Crippen molar-refractivity contribution in [2.45, 2.75) is 31.4 Å². The van der Waals surface area contributed by atoms with Crippen LogP contribution < -0.4 is 4.90 Å². The van der Waals surface area contributed by atoms with Gasteiger partial charge in [-0.05, 0) is 49.2 Å². The number of halogens is 2. The molecule has 0 atom stereocenters. The van der Waals surface area contributed by atoms with Crippen molar-refractivity contribution in [3.8, 4) is 0 Å². The van der Waals surface area contributed by atoms with Crippen LogP contribution in [0.1, 0.15) is 23.7 Å². The van der Waals surface area contributed by atoms with E-state index < -0.39 is 0 Å². The number of thiazole rings is 1. The molecule has 0 saturated carbocycles. The fourth-order valence-electron chi connectivity index (χ4n) is 2.52. The van der Waals surface area contributed by atoms with Gasteiger partial charge in [0.05, 0.1) is 21.4 Å². The van der Waals surface area contributed by atoms with Crippen molar-refractivity contribution in [3.63, 3.8) is 0 Å². The molecule has 0 saturated heterocycles. The third-order valence-electron chi connectivity index (χ3n) is 4.08. The van der Waals surface area contributed by atoms with Crippen LogP contribution >= 0.6 is 46.3 Å². The second-order valence-electron chi connectivity index (χ2n) is 6.08. The van der Waals surface area contributed by atoms with E-state index in [4.69, 9.17) is 23.2 Å². The summed E-state index contributed by atoms with van der Waals surface area (Å²) in [6.07, 6.45) is 0. The monoisotopic (exact) mass is 436 g/mol. The fourth-order valence-corrected chi connectivity index (χ4v) is 5.09. The van der Waals surface area contributed by atoms with Gasteiger partial charge in [0.15, 0.2) is 5.13 Å². The van der Waals surface area contributed by atoms with Gasteiger partial charge in [-0.3, -0.25) is 9.69 Å². The maximum absolute atomic E-state index is 12.3. The molecule has 0 spiro atoms. The van der Waals surface area contributed by atoms with Crippen molar-refractivity contribution in [3.05, 3.63) is 68.6 Å². The summed E-state index contributed by atoms with van der Waals surface area (Å²) in [5, 5.41) is 3.88. The number of aromatic nitrogens is 1. The molecule has 0 N–H and O–H groups in total. The molecule has 0 unspecified atom stereocenters. The van der Waals surface area contributed by atoms with Crippen LogP contribution in [0.25, 0.3) is 0 Å². The van der Waals surface area contributed by atoms with E-state index in [1.165, 1.54) is 28.7 Å². The molecule has 1 heterocycles. The second-order valence-corrected chi connectivity index (χ2v) is 8.72. The molecular weight excluding hydrogens is 419 g/mol. The average Bonchev–Trinajstić information content (AvgIpc) is 3.06. The highest BCUT2D eigenvalue weighted by molar-refractivity contribution is 7.98. The highest BCUT2D eigenvalue weighted by atomic mass is 35.5. The lowest BCUT2D eigenvalue weighted by Gasteiger charge is -2.19. The molecule has 0 radical (unpaired) electrons. The van der Waals surface area contributed by atoms with Crippen LogP contribution in [-0.2, 0) is 10.5 Å². The van der Waals surface area contributed by atoms with Gasteiger partial charge in [0, 0.05) is 23.0 Å². The minimum absolute atomic E-state index is 0.0686. The van der Waals surface area contributed by atoms with E-state index in [9.17, 15) is 4.79 Å². The van der Waals surface area contributed by atoms with E-state index in [1.54, 1.807) is 11.8 Å². The van der Waals surface area contributed by atoms with Crippen molar-refractivity contribution in [1.29, 1.82) is 0 Å². The Hall–Kier alpha value is -1.53. The first-order valence-corrected chi connectivity index (χ1v) is 10.9. The Morgan fingerprint density at radius 1 is 1.15 bits per heavy atom. The zero-order chi connectivity index (χ0) is 19.6. The Morgan fingerprint density at radius 2 is 1.85 bits per heavy atom. The Labute approximate surface area is 177 Å². The molecule has 1 amide bonds. The number of benzene rings is 2. The Morgan fingerprint density at radius 3 is 2.48 bits per heavy atom. The Bertz CT molecular complexity index is 968. The molecule has 0 fully saturated rings. The summed E-state index contributed by atoms with van der Waals surface area (Å²) in [5.74, 6) is 0.555. The molecule has 140 valence electrons. The summed E-state index contributed by atoms with van der Waals surface area (Å²) in [6.45, 7) is 5.64. The SMILES string of the molecule is CC(=O)N(c1ccc(C)c(C)c1)c1nc(CSc2c(Cl)cccc2Cl)cs1. The lowest BCUT2D eigenvalue weighted by molar-refractivity contribution is -0.115. The number of rotatable bonds is 5. The maximum Gasteiger partial charge on any atom is 0.230 e. The number of carbonyl (C=O) groups is 1. The number of anilines is 2. The topological polar surface area (TPSA) is 33.2 Å². The fraction of sp³-hybridized carbons (Fsp3) is 0.200. The van der Waals surface area contributed by atoms with Crippen molar-refractivity contribution in [1.82, 2.24) is 4.98 Å².